The van der Waals surface area contributed by atoms with Gasteiger partial charge in [0.05, 0.1) is 19.3 Å². The van der Waals surface area contributed by atoms with Gasteiger partial charge >= 0.3 is 6.03 Å². The average Bonchev–Trinajstić information content (AvgIpc) is 3.48. The lowest BCUT2D eigenvalue weighted by atomic mass is 10.0. The lowest BCUT2D eigenvalue weighted by molar-refractivity contribution is 0.262. The predicted molar refractivity (Wildman–Crippen MR) is 142 cm³/mol. The number of amides is 2. The largest absolute Gasteiger partial charge is 0.394 e. The van der Waals surface area contributed by atoms with E-state index in [1.807, 2.05) is 61.7 Å². The fourth-order valence-corrected chi connectivity index (χ4v) is 5.08. The van der Waals surface area contributed by atoms with E-state index in [0.29, 0.717) is 18.1 Å². The molecule has 2 amide bonds. The molecule has 9 heteroatoms. The maximum absolute atomic E-state index is 12.4. The third-order valence-corrected chi connectivity index (χ3v) is 6.64. The molecule has 0 bridgehead atoms. The van der Waals surface area contributed by atoms with E-state index in [4.69, 9.17) is 10.8 Å². The van der Waals surface area contributed by atoms with E-state index in [0.717, 1.165) is 43.6 Å². The summed E-state index contributed by atoms with van der Waals surface area (Å²) in [6, 6.07) is 15.0. The summed E-state index contributed by atoms with van der Waals surface area (Å²) in [6.07, 6.45) is 5.42. The normalized spacial score (nSPS) is 11.0. The molecule has 0 aliphatic rings. The molecule has 0 aliphatic heterocycles. The van der Waals surface area contributed by atoms with E-state index in [1.54, 1.807) is 28.4 Å². The highest BCUT2D eigenvalue weighted by Gasteiger charge is 2.16. The molecule has 176 valence electrons. The number of nitrogens with two attached hydrogens (primary N) is 1. The minimum Gasteiger partial charge on any atom is -0.394 e. The van der Waals surface area contributed by atoms with Gasteiger partial charge in [-0.2, -0.15) is 5.10 Å². The number of anilines is 3. The van der Waals surface area contributed by atoms with E-state index in [-0.39, 0.29) is 12.6 Å². The zero-order valence-electron chi connectivity index (χ0n) is 19.0. The van der Waals surface area contributed by atoms with Crippen LogP contribution in [0.2, 0.25) is 0 Å². The molecule has 5 aromatic rings. The van der Waals surface area contributed by atoms with Crippen LogP contribution in [0.4, 0.5) is 22.0 Å². The van der Waals surface area contributed by atoms with Crippen molar-refractivity contribution >= 4 is 44.6 Å². The van der Waals surface area contributed by atoms with Gasteiger partial charge in [-0.15, -0.1) is 11.3 Å². The Balaban J connectivity index is 1.39. The summed E-state index contributed by atoms with van der Waals surface area (Å²) in [7, 11) is 0. The number of nitrogen functional groups attached to an aromatic ring is 1. The maximum Gasteiger partial charge on any atom is 0.323 e. The van der Waals surface area contributed by atoms with Crippen LogP contribution in [0.15, 0.2) is 72.5 Å². The Labute approximate surface area is 206 Å². The number of aliphatic hydroxyl groups is 1. The number of nitrogens with one attached hydrogen (secondary N) is 2. The van der Waals surface area contributed by atoms with Crippen LogP contribution in [-0.4, -0.2) is 32.5 Å². The van der Waals surface area contributed by atoms with E-state index in [9.17, 15) is 4.79 Å². The zero-order valence-corrected chi connectivity index (χ0v) is 19.8. The number of hydrogen-bond donors (Lipinski definition) is 4. The number of fused-ring (bicyclic) bond motifs is 1. The second kappa shape index (κ2) is 9.57. The van der Waals surface area contributed by atoms with Crippen molar-refractivity contribution in [3.05, 3.63) is 78.1 Å². The number of thiophene rings is 1. The van der Waals surface area contributed by atoms with E-state index >= 15 is 0 Å². The summed E-state index contributed by atoms with van der Waals surface area (Å²) in [4.78, 5) is 16.8. The quantitative estimate of drug-likeness (QED) is 0.259. The number of rotatable bonds is 6. The van der Waals surface area contributed by atoms with Gasteiger partial charge in [0.15, 0.2) is 0 Å². The molecule has 0 atom stereocenters. The van der Waals surface area contributed by atoms with Crippen LogP contribution in [-0.2, 0) is 6.54 Å². The number of carbonyl (C=O) groups excluding carboxylic acids is 1. The Morgan fingerprint density at radius 1 is 1.06 bits per heavy atom. The highest BCUT2D eigenvalue weighted by molar-refractivity contribution is 7.18. The first-order valence-corrected chi connectivity index (χ1v) is 11.9. The Bertz CT molecular complexity index is 1510. The Kier molecular flexibility index (Phi) is 6.17. The molecule has 0 unspecified atom stereocenters. The first kappa shape index (κ1) is 22.6. The molecule has 3 heterocycles. The molecule has 35 heavy (non-hydrogen) atoms. The van der Waals surface area contributed by atoms with Crippen LogP contribution in [0, 0.1) is 6.92 Å². The summed E-state index contributed by atoms with van der Waals surface area (Å²) in [5, 5.41) is 22.1. The first-order valence-electron chi connectivity index (χ1n) is 11.1. The third-order valence-electron chi connectivity index (χ3n) is 5.63. The van der Waals surface area contributed by atoms with Crippen molar-refractivity contribution in [2.45, 2.75) is 13.5 Å². The van der Waals surface area contributed by atoms with Crippen molar-refractivity contribution in [2.24, 2.45) is 0 Å². The molecule has 0 aliphatic carbocycles. The van der Waals surface area contributed by atoms with Crippen molar-refractivity contribution < 1.29 is 9.90 Å². The molecule has 2 aromatic carbocycles. The zero-order chi connectivity index (χ0) is 24.4. The van der Waals surface area contributed by atoms with Gasteiger partial charge in [0.2, 0.25) is 0 Å². The van der Waals surface area contributed by atoms with E-state index in [1.165, 1.54) is 0 Å². The van der Waals surface area contributed by atoms with Crippen molar-refractivity contribution in [1.29, 1.82) is 0 Å². The lowest BCUT2D eigenvalue weighted by Gasteiger charge is -2.09. The number of aliphatic hydroxyl groups excluding tert-OH is 1. The SMILES string of the molecule is Cc1cccc(NC(=O)Nc2ccc(-c3csc4c(-c5cnn(CCO)c5)cnc(N)c34)cc2)c1. The number of aromatic nitrogens is 3. The van der Waals surface area contributed by atoms with Crippen LogP contribution in [0.25, 0.3) is 32.3 Å². The van der Waals surface area contributed by atoms with Crippen molar-refractivity contribution in [3.63, 3.8) is 0 Å². The monoisotopic (exact) mass is 484 g/mol. The third kappa shape index (κ3) is 4.72. The van der Waals surface area contributed by atoms with E-state index < -0.39 is 0 Å². The Morgan fingerprint density at radius 2 is 1.86 bits per heavy atom. The summed E-state index contributed by atoms with van der Waals surface area (Å²) in [6.45, 7) is 2.44. The van der Waals surface area contributed by atoms with Crippen LogP contribution in [0.3, 0.4) is 0 Å². The summed E-state index contributed by atoms with van der Waals surface area (Å²) in [5.74, 6) is 0.461. The standard InChI is InChI=1S/C26H24N6O2S/c1-16-3-2-4-20(11-16)31-26(34)30-19-7-5-17(6-8-19)22-15-35-24-21(13-28-25(27)23(22)24)18-12-29-32(14-18)9-10-33/h2-8,11-15,33H,9-10H2,1H3,(H2,27,28)(H2,30,31,34). The molecular weight excluding hydrogens is 460 g/mol. The number of carbonyl (C=O) groups is 1. The minimum atomic E-state index is -0.302. The molecule has 0 spiro atoms. The van der Waals surface area contributed by atoms with Gasteiger partial charge in [-0.25, -0.2) is 9.78 Å². The predicted octanol–water partition coefficient (Wildman–Crippen LogP) is 5.35. The summed E-state index contributed by atoms with van der Waals surface area (Å²) in [5.41, 5.74) is 12.6. The molecule has 3 aromatic heterocycles. The molecule has 0 saturated carbocycles. The number of hydrogen-bond acceptors (Lipinski definition) is 6. The van der Waals surface area contributed by atoms with Gasteiger partial charge in [0.25, 0.3) is 0 Å². The maximum atomic E-state index is 12.4. The van der Waals surface area contributed by atoms with Crippen LogP contribution in [0.5, 0.6) is 0 Å². The van der Waals surface area contributed by atoms with Gasteiger partial charge < -0.3 is 21.5 Å². The molecule has 5 rings (SSSR count). The lowest BCUT2D eigenvalue weighted by Crippen LogP contribution is -2.19. The summed E-state index contributed by atoms with van der Waals surface area (Å²) >= 11 is 1.60. The van der Waals surface area contributed by atoms with E-state index in [2.05, 4.69) is 26.1 Å². The van der Waals surface area contributed by atoms with Crippen LogP contribution < -0.4 is 16.4 Å². The molecule has 8 nitrogen and oxygen atoms in total. The van der Waals surface area contributed by atoms with Gasteiger partial charge in [0.1, 0.15) is 5.82 Å². The minimum absolute atomic E-state index is 0.0259. The van der Waals surface area contributed by atoms with Crippen molar-refractivity contribution in [1.82, 2.24) is 14.8 Å². The second-order valence-corrected chi connectivity index (χ2v) is 9.03. The van der Waals surface area contributed by atoms with Gasteiger partial charge in [-0.05, 0) is 47.7 Å². The van der Waals surface area contributed by atoms with Gasteiger partial charge in [-0.3, -0.25) is 4.68 Å². The fraction of sp³-hybridized carbons (Fsp3) is 0.115. The van der Waals surface area contributed by atoms with Gasteiger partial charge in [0, 0.05) is 50.5 Å². The molecule has 5 N–H and O–H groups in total. The molecule has 0 radical (unpaired) electrons. The Hall–Kier alpha value is -4.21. The molecule has 0 saturated heterocycles. The topological polar surface area (TPSA) is 118 Å². The number of urea groups is 1. The number of nitrogens with zero attached hydrogens (tertiary/aromatic N) is 3. The van der Waals surface area contributed by atoms with Crippen molar-refractivity contribution in [2.75, 3.05) is 23.0 Å². The van der Waals surface area contributed by atoms with Crippen LogP contribution in [0.1, 0.15) is 5.56 Å². The fourth-order valence-electron chi connectivity index (χ4n) is 3.96. The Morgan fingerprint density at radius 3 is 2.63 bits per heavy atom. The van der Waals surface area contributed by atoms with Gasteiger partial charge in [-0.1, -0.05) is 24.3 Å². The highest BCUT2D eigenvalue weighted by atomic mass is 32.1. The molecule has 0 fully saturated rings. The number of aryl methyl sites for hydroxylation is 1. The molecular formula is C26H24N6O2S. The first-order chi connectivity index (χ1) is 17.0. The number of benzene rings is 2. The number of pyridine rings is 1. The summed E-state index contributed by atoms with van der Waals surface area (Å²) < 4.78 is 2.73. The second-order valence-electron chi connectivity index (χ2n) is 8.15. The smallest absolute Gasteiger partial charge is 0.323 e. The van der Waals surface area contributed by atoms with Crippen LogP contribution >= 0.6 is 11.3 Å². The average molecular weight is 485 g/mol. The van der Waals surface area contributed by atoms with Crippen molar-refractivity contribution in [3.8, 4) is 22.3 Å². The highest BCUT2D eigenvalue weighted by Crippen LogP contribution is 2.41.